The van der Waals surface area contributed by atoms with Crippen LogP contribution >= 0.6 is 23.1 Å². The highest BCUT2D eigenvalue weighted by Gasteiger charge is 2.22. The Morgan fingerprint density at radius 1 is 1.37 bits per heavy atom. The number of rotatable bonds is 6. The Morgan fingerprint density at radius 2 is 2.20 bits per heavy atom. The Morgan fingerprint density at radius 3 is 2.93 bits per heavy atom. The van der Waals surface area contributed by atoms with Crippen molar-refractivity contribution >= 4 is 34.0 Å². The first-order valence-electron chi connectivity index (χ1n) is 10.0. The maximum absolute atomic E-state index is 12.6. The molecule has 0 fully saturated rings. The molecule has 9 heteroatoms. The smallest absolute Gasteiger partial charge is 0.235 e. The highest BCUT2D eigenvalue weighted by atomic mass is 32.2. The van der Waals surface area contributed by atoms with Gasteiger partial charge in [-0.3, -0.25) is 9.36 Å². The van der Waals surface area contributed by atoms with E-state index in [1.54, 1.807) is 17.6 Å². The van der Waals surface area contributed by atoms with Gasteiger partial charge in [-0.2, -0.15) is 5.26 Å². The predicted octanol–water partition coefficient (Wildman–Crippen LogP) is 5.05. The molecular formula is C21H23N5O2S2. The molecule has 0 saturated carbocycles. The summed E-state index contributed by atoms with van der Waals surface area (Å²) in [5.41, 5.74) is 1.77. The lowest BCUT2D eigenvalue weighted by Gasteiger charge is -2.12. The third-order valence-corrected chi connectivity index (χ3v) is 7.19. The van der Waals surface area contributed by atoms with Gasteiger partial charge in [0.25, 0.3) is 0 Å². The Kier molecular flexibility index (Phi) is 6.25. The summed E-state index contributed by atoms with van der Waals surface area (Å²) >= 11 is 2.88. The zero-order valence-corrected chi connectivity index (χ0v) is 18.6. The average molecular weight is 442 g/mol. The molecule has 1 amide bonds. The lowest BCUT2D eigenvalue weighted by molar-refractivity contribution is -0.113. The SMILES string of the molecule is CC(C)n1c(SCC(=O)Nc2sc3c(c2C#N)CCCCC3)nnc1-c1ccco1. The number of nitriles is 1. The fourth-order valence-corrected chi connectivity index (χ4v) is 5.78. The molecule has 0 spiro atoms. The average Bonchev–Trinajstić information content (AvgIpc) is 3.42. The van der Waals surface area contributed by atoms with Crippen LogP contribution in [0.2, 0.25) is 0 Å². The minimum Gasteiger partial charge on any atom is -0.461 e. The minimum absolute atomic E-state index is 0.115. The van der Waals surface area contributed by atoms with Gasteiger partial charge in [0.05, 0.1) is 17.6 Å². The first-order chi connectivity index (χ1) is 14.6. The number of nitrogens with zero attached hydrogens (tertiary/aromatic N) is 4. The number of amides is 1. The zero-order chi connectivity index (χ0) is 21.1. The van der Waals surface area contributed by atoms with E-state index >= 15 is 0 Å². The van der Waals surface area contributed by atoms with Crippen molar-refractivity contribution in [1.82, 2.24) is 14.8 Å². The van der Waals surface area contributed by atoms with Gasteiger partial charge in [-0.25, -0.2) is 0 Å². The molecule has 7 nitrogen and oxygen atoms in total. The van der Waals surface area contributed by atoms with Crippen LogP contribution in [0.1, 0.15) is 55.2 Å². The lowest BCUT2D eigenvalue weighted by atomic mass is 10.1. The Balaban J connectivity index is 1.47. The van der Waals surface area contributed by atoms with Crippen molar-refractivity contribution in [2.24, 2.45) is 0 Å². The van der Waals surface area contributed by atoms with Crippen molar-refractivity contribution in [2.45, 2.75) is 57.1 Å². The molecule has 1 aliphatic rings. The van der Waals surface area contributed by atoms with Crippen LogP contribution in [-0.2, 0) is 17.6 Å². The maximum atomic E-state index is 12.6. The van der Waals surface area contributed by atoms with E-state index in [2.05, 4.69) is 21.6 Å². The standard InChI is InChI=1S/C21H23N5O2S2/c1-13(2)26-19(16-8-6-10-28-16)24-25-21(26)29-12-18(27)23-20-15(11-22)14-7-4-3-5-9-17(14)30-20/h6,8,10,13H,3-5,7,9,12H2,1-2H3,(H,23,27). The number of thiophene rings is 1. The highest BCUT2D eigenvalue weighted by Crippen LogP contribution is 2.37. The number of thioether (sulfide) groups is 1. The van der Waals surface area contributed by atoms with Crippen LogP contribution in [0.3, 0.4) is 0 Å². The van der Waals surface area contributed by atoms with Crippen LogP contribution in [0.25, 0.3) is 11.6 Å². The fourth-order valence-electron chi connectivity index (χ4n) is 3.66. The molecule has 3 aromatic rings. The second-order valence-electron chi connectivity index (χ2n) is 7.46. The molecule has 30 heavy (non-hydrogen) atoms. The molecule has 3 aromatic heterocycles. The summed E-state index contributed by atoms with van der Waals surface area (Å²) in [6, 6.07) is 6.07. The van der Waals surface area contributed by atoms with Crippen LogP contribution in [0.15, 0.2) is 28.0 Å². The minimum atomic E-state index is -0.147. The molecule has 0 aliphatic heterocycles. The van der Waals surface area contributed by atoms with Crippen molar-refractivity contribution in [3.8, 4) is 17.7 Å². The summed E-state index contributed by atoms with van der Waals surface area (Å²) < 4.78 is 7.42. The molecule has 4 rings (SSSR count). The number of carbonyl (C=O) groups excluding carboxylic acids is 1. The van der Waals surface area contributed by atoms with E-state index in [0.29, 0.717) is 27.3 Å². The topological polar surface area (TPSA) is 96.7 Å². The molecule has 1 N–H and O–H groups in total. The van der Waals surface area contributed by atoms with Gasteiger partial charge in [0.2, 0.25) is 11.7 Å². The normalized spacial score (nSPS) is 13.7. The number of furan rings is 1. The summed E-state index contributed by atoms with van der Waals surface area (Å²) in [4.78, 5) is 13.9. The van der Waals surface area contributed by atoms with Crippen LogP contribution in [0, 0.1) is 11.3 Å². The summed E-state index contributed by atoms with van der Waals surface area (Å²) in [5, 5.41) is 22.4. The van der Waals surface area contributed by atoms with Crippen LogP contribution < -0.4 is 5.32 Å². The Hall–Kier alpha value is -2.57. The molecule has 156 valence electrons. The van der Waals surface area contributed by atoms with E-state index in [1.165, 1.54) is 23.1 Å². The fraction of sp³-hybridized carbons (Fsp3) is 0.429. The number of fused-ring (bicyclic) bond motifs is 1. The van der Waals surface area contributed by atoms with Crippen LogP contribution in [0.4, 0.5) is 5.00 Å². The van der Waals surface area contributed by atoms with Crippen molar-refractivity contribution in [2.75, 3.05) is 11.1 Å². The molecule has 0 saturated heterocycles. The lowest BCUT2D eigenvalue weighted by Crippen LogP contribution is -2.15. The van der Waals surface area contributed by atoms with Gasteiger partial charge in [-0.15, -0.1) is 21.5 Å². The van der Waals surface area contributed by atoms with Crippen molar-refractivity contribution in [3.63, 3.8) is 0 Å². The van der Waals surface area contributed by atoms with Crippen LogP contribution in [0.5, 0.6) is 0 Å². The van der Waals surface area contributed by atoms with E-state index in [-0.39, 0.29) is 17.7 Å². The molecule has 0 radical (unpaired) electrons. The summed E-state index contributed by atoms with van der Waals surface area (Å²) in [7, 11) is 0. The second-order valence-corrected chi connectivity index (χ2v) is 9.51. The summed E-state index contributed by atoms with van der Waals surface area (Å²) in [6.07, 6.45) is 6.96. The number of aromatic nitrogens is 3. The number of aryl methyl sites for hydroxylation is 1. The van der Waals surface area contributed by atoms with E-state index in [4.69, 9.17) is 4.42 Å². The molecule has 3 heterocycles. The van der Waals surface area contributed by atoms with Gasteiger partial charge in [-0.1, -0.05) is 18.2 Å². The number of hydrogen-bond acceptors (Lipinski definition) is 7. The van der Waals surface area contributed by atoms with Gasteiger partial charge >= 0.3 is 0 Å². The Bertz CT molecular complexity index is 1080. The van der Waals surface area contributed by atoms with Crippen LogP contribution in [-0.4, -0.2) is 26.4 Å². The third kappa shape index (κ3) is 4.16. The van der Waals surface area contributed by atoms with Gasteiger partial charge in [-0.05, 0) is 57.2 Å². The van der Waals surface area contributed by atoms with E-state index < -0.39 is 0 Å². The quantitative estimate of drug-likeness (QED) is 0.425. The number of anilines is 1. The monoisotopic (exact) mass is 441 g/mol. The molecule has 0 unspecified atom stereocenters. The Labute approximate surface area is 183 Å². The number of carbonyl (C=O) groups is 1. The van der Waals surface area contributed by atoms with Gasteiger partial charge in [0, 0.05) is 10.9 Å². The van der Waals surface area contributed by atoms with Gasteiger partial charge < -0.3 is 9.73 Å². The van der Waals surface area contributed by atoms with Gasteiger partial charge in [0.1, 0.15) is 11.1 Å². The molecule has 0 bridgehead atoms. The molecule has 1 aliphatic carbocycles. The first-order valence-corrected chi connectivity index (χ1v) is 11.8. The van der Waals surface area contributed by atoms with E-state index in [1.807, 2.05) is 30.5 Å². The second kappa shape index (κ2) is 9.06. The summed E-state index contributed by atoms with van der Waals surface area (Å²) in [5.74, 6) is 1.33. The first kappa shape index (κ1) is 20.7. The van der Waals surface area contributed by atoms with Crippen molar-refractivity contribution in [1.29, 1.82) is 5.26 Å². The molecule has 0 atom stereocenters. The number of nitrogens with one attached hydrogen (secondary N) is 1. The summed E-state index contributed by atoms with van der Waals surface area (Å²) in [6.45, 7) is 4.08. The van der Waals surface area contributed by atoms with Crippen molar-refractivity contribution < 1.29 is 9.21 Å². The van der Waals surface area contributed by atoms with E-state index in [0.717, 1.165) is 31.2 Å². The highest BCUT2D eigenvalue weighted by molar-refractivity contribution is 7.99. The molecule has 0 aromatic carbocycles. The zero-order valence-electron chi connectivity index (χ0n) is 17.0. The largest absolute Gasteiger partial charge is 0.461 e. The van der Waals surface area contributed by atoms with E-state index in [9.17, 15) is 10.1 Å². The van der Waals surface area contributed by atoms with Gasteiger partial charge in [0.15, 0.2) is 10.9 Å². The number of hydrogen-bond donors (Lipinski definition) is 1. The molecular weight excluding hydrogens is 418 g/mol. The predicted molar refractivity (Wildman–Crippen MR) is 118 cm³/mol. The third-order valence-electron chi connectivity index (χ3n) is 5.04. The maximum Gasteiger partial charge on any atom is 0.235 e. The van der Waals surface area contributed by atoms with Crippen molar-refractivity contribution in [3.05, 3.63) is 34.4 Å².